The highest BCUT2D eigenvalue weighted by molar-refractivity contribution is 5.95. The molecule has 0 bridgehead atoms. The van der Waals surface area contributed by atoms with Crippen LogP contribution < -0.4 is 20.1 Å². The Balaban J connectivity index is 1.70. The molecule has 0 spiro atoms. The summed E-state index contributed by atoms with van der Waals surface area (Å²) in [7, 11) is 0. The molecule has 0 saturated carbocycles. The Morgan fingerprint density at radius 2 is 1.55 bits per heavy atom. The summed E-state index contributed by atoms with van der Waals surface area (Å²) in [5, 5.41) is 5.53. The maximum Gasteiger partial charge on any atom is 0.243 e. The molecule has 0 aromatic heterocycles. The molecule has 2 N–H and O–H groups in total. The van der Waals surface area contributed by atoms with Crippen LogP contribution in [0, 0.1) is 20.8 Å². The standard InChI is InChI=1S/C23H30N2O4/c1-5-28-19-9-6-7-10-20(19)29-12-8-11-21(26)24-15-22(27)25-23-17(3)13-16(2)14-18(23)4/h6-7,9-10,13-14H,5,8,11-12,15H2,1-4H3,(H,24,26)(H,25,27). The normalized spacial score (nSPS) is 10.3. The third kappa shape index (κ3) is 7.14. The van der Waals surface area contributed by atoms with Crippen molar-refractivity contribution >= 4 is 17.5 Å². The molecule has 2 amide bonds. The molecule has 29 heavy (non-hydrogen) atoms. The number of carbonyl (C=O) groups is 2. The molecule has 156 valence electrons. The van der Waals surface area contributed by atoms with Crippen LogP contribution in [-0.4, -0.2) is 31.6 Å². The number of rotatable bonds is 10. The van der Waals surface area contributed by atoms with Gasteiger partial charge in [0.25, 0.3) is 0 Å². The fraction of sp³-hybridized carbons (Fsp3) is 0.391. The van der Waals surface area contributed by atoms with Gasteiger partial charge in [0.15, 0.2) is 11.5 Å². The molecular formula is C23H30N2O4. The first-order valence-corrected chi connectivity index (χ1v) is 9.89. The smallest absolute Gasteiger partial charge is 0.243 e. The molecular weight excluding hydrogens is 368 g/mol. The fourth-order valence-corrected chi connectivity index (χ4v) is 3.09. The highest BCUT2D eigenvalue weighted by atomic mass is 16.5. The second-order valence-electron chi connectivity index (χ2n) is 6.93. The minimum Gasteiger partial charge on any atom is -0.490 e. The molecule has 0 fully saturated rings. The van der Waals surface area contributed by atoms with Crippen LogP contribution in [-0.2, 0) is 9.59 Å². The minimum absolute atomic E-state index is 0.0559. The minimum atomic E-state index is -0.240. The van der Waals surface area contributed by atoms with E-state index in [1.807, 2.05) is 64.1 Å². The van der Waals surface area contributed by atoms with Gasteiger partial charge in [-0.3, -0.25) is 9.59 Å². The van der Waals surface area contributed by atoms with Crippen molar-refractivity contribution in [3.63, 3.8) is 0 Å². The fourth-order valence-electron chi connectivity index (χ4n) is 3.09. The maximum absolute atomic E-state index is 12.2. The van der Waals surface area contributed by atoms with Crippen molar-refractivity contribution in [2.75, 3.05) is 25.1 Å². The van der Waals surface area contributed by atoms with E-state index in [2.05, 4.69) is 10.6 Å². The summed E-state index contributed by atoms with van der Waals surface area (Å²) in [5.74, 6) is 0.935. The van der Waals surface area contributed by atoms with Gasteiger partial charge in [-0.2, -0.15) is 0 Å². The SMILES string of the molecule is CCOc1ccccc1OCCCC(=O)NCC(=O)Nc1c(C)cc(C)cc1C. The van der Waals surface area contributed by atoms with Crippen molar-refractivity contribution < 1.29 is 19.1 Å². The predicted molar refractivity (Wildman–Crippen MR) is 115 cm³/mol. The second-order valence-corrected chi connectivity index (χ2v) is 6.93. The van der Waals surface area contributed by atoms with Crippen LogP contribution in [0.15, 0.2) is 36.4 Å². The molecule has 0 aliphatic carbocycles. The first-order valence-electron chi connectivity index (χ1n) is 9.89. The number of anilines is 1. The van der Waals surface area contributed by atoms with Gasteiger partial charge in [-0.15, -0.1) is 0 Å². The van der Waals surface area contributed by atoms with Crippen LogP contribution in [0.5, 0.6) is 11.5 Å². The molecule has 6 heteroatoms. The summed E-state index contributed by atoms with van der Waals surface area (Å²) in [6, 6.07) is 11.5. The molecule has 0 aliphatic heterocycles. The van der Waals surface area contributed by atoms with Crippen molar-refractivity contribution in [2.45, 2.75) is 40.5 Å². The van der Waals surface area contributed by atoms with E-state index in [4.69, 9.17) is 9.47 Å². The molecule has 0 heterocycles. The highest BCUT2D eigenvalue weighted by Gasteiger charge is 2.10. The number of hydrogen-bond donors (Lipinski definition) is 2. The Hall–Kier alpha value is -3.02. The molecule has 6 nitrogen and oxygen atoms in total. The molecule has 0 unspecified atom stereocenters. The van der Waals surface area contributed by atoms with Crippen LogP contribution in [0.2, 0.25) is 0 Å². The van der Waals surface area contributed by atoms with Crippen LogP contribution >= 0.6 is 0 Å². The number of ether oxygens (including phenoxy) is 2. The number of carbonyl (C=O) groups excluding carboxylic acids is 2. The summed E-state index contributed by atoms with van der Waals surface area (Å²) in [4.78, 5) is 24.1. The zero-order valence-electron chi connectivity index (χ0n) is 17.6. The monoisotopic (exact) mass is 398 g/mol. The van der Waals surface area contributed by atoms with E-state index in [-0.39, 0.29) is 24.8 Å². The number of para-hydroxylation sites is 2. The van der Waals surface area contributed by atoms with Gasteiger partial charge in [0, 0.05) is 12.1 Å². The summed E-state index contributed by atoms with van der Waals surface area (Å²) in [6.45, 7) is 8.75. The maximum atomic E-state index is 12.2. The van der Waals surface area contributed by atoms with Crippen LogP contribution in [0.25, 0.3) is 0 Å². The first-order chi connectivity index (χ1) is 13.9. The molecule has 0 atom stereocenters. The molecule has 2 rings (SSSR count). The summed E-state index contributed by atoms with van der Waals surface area (Å²) >= 11 is 0. The van der Waals surface area contributed by atoms with E-state index < -0.39 is 0 Å². The Kier molecular flexibility index (Phi) is 8.52. The molecule has 2 aromatic rings. The quantitative estimate of drug-likeness (QED) is 0.595. The van der Waals surface area contributed by atoms with Gasteiger partial charge in [-0.05, 0) is 57.4 Å². The zero-order valence-corrected chi connectivity index (χ0v) is 17.6. The van der Waals surface area contributed by atoms with Gasteiger partial charge in [0.2, 0.25) is 11.8 Å². The Bertz CT molecular complexity index is 826. The number of nitrogens with one attached hydrogen (secondary N) is 2. The van der Waals surface area contributed by atoms with Crippen molar-refractivity contribution in [1.82, 2.24) is 5.32 Å². The lowest BCUT2D eigenvalue weighted by atomic mass is 10.1. The molecule has 2 aromatic carbocycles. The second kappa shape index (κ2) is 11.1. The molecule has 0 aliphatic rings. The van der Waals surface area contributed by atoms with E-state index in [9.17, 15) is 9.59 Å². The van der Waals surface area contributed by atoms with Crippen molar-refractivity contribution in [3.05, 3.63) is 53.1 Å². The third-order valence-corrected chi connectivity index (χ3v) is 4.34. The van der Waals surface area contributed by atoms with E-state index in [0.29, 0.717) is 31.1 Å². The Labute approximate surface area is 172 Å². The van der Waals surface area contributed by atoms with Gasteiger partial charge >= 0.3 is 0 Å². The lowest BCUT2D eigenvalue weighted by Crippen LogP contribution is -2.33. The Morgan fingerprint density at radius 3 is 2.17 bits per heavy atom. The number of benzene rings is 2. The number of aryl methyl sites for hydroxylation is 3. The van der Waals surface area contributed by atoms with E-state index in [1.165, 1.54) is 0 Å². The predicted octanol–water partition coefficient (Wildman–Crippen LogP) is 3.92. The van der Waals surface area contributed by atoms with Gasteiger partial charge in [0.05, 0.1) is 19.8 Å². The largest absolute Gasteiger partial charge is 0.490 e. The average molecular weight is 399 g/mol. The van der Waals surface area contributed by atoms with E-state index in [1.54, 1.807) is 0 Å². The van der Waals surface area contributed by atoms with Crippen molar-refractivity contribution in [2.24, 2.45) is 0 Å². The highest BCUT2D eigenvalue weighted by Crippen LogP contribution is 2.26. The summed E-state index contributed by atoms with van der Waals surface area (Å²) in [6.07, 6.45) is 0.830. The van der Waals surface area contributed by atoms with E-state index >= 15 is 0 Å². The molecule has 0 saturated heterocycles. The molecule has 0 radical (unpaired) electrons. The van der Waals surface area contributed by atoms with Gasteiger partial charge in [-0.25, -0.2) is 0 Å². The van der Waals surface area contributed by atoms with Crippen LogP contribution in [0.3, 0.4) is 0 Å². The van der Waals surface area contributed by atoms with Crippen molar-refractivity contribution in [1.29, 1.82) is 0 Å². The van der Waals surface area contributed by atoms with Gasteiger partial charge < -0.3 is 20.1 Å². The number of hydrogen-bond acceptors (Lipinski definition) is 4. The first kappa shape index (κ1) is 22.3. The van der Waals surface area contributed by atoms with Gasteiger partial charge in [-0.1, -0.05) is 29.8 Å². The summed E-state index contributed by atoms with van der Waals surface area (Å²) in [5.41, 5.74) is 3.96. The topological polar surface area (TPSA) is 76.7 Å². The van der Waals surface area contributed by atoms with Crippen LogP contribution in [0.4, 0.5) is 5.69 Å². The number of amides is 2. The van der Waals surface area contributed by atoms with Gasteiger partial charge in [0.1, 0.15) is 0 Å². The lowest BCUT2D eigenvalue weighted by molar-refractivity contribution is -0.124. The average Bonchev–Trinajstić information content (AvgIpc) is 2.68. The van der Waals surface area contributed by atoms with Crippen molar-refractivity contribution in [3.8, 4) is 11.5 Å². The van der Waals surface area contributed by atoms with E-state index in [0.717, 1.165) is 22.4 Å². The Morgan fingerprint density at radius 1 is 0.931 bits per heavy atom. The van der Waals surface area contributed by atoms with Crippen LogP contribution in [0.1, 0.15) is 36.5 Å². The summed E-state index contributed by atoms with van der Waals surface area (Å²) < 4.78 is 11.2. The zero-order chi connectivity index (χ0) is 21.2. The lowest BCUT2D eigenvalue weighted by Gasteiger charge is -2.13. The third-order valence-electron chi connectivity index (χ3n) is 4.34.